The molecule has 0 aromatic heterocycles. The quantitative estimate of drug-likeness (QED) is 0.588. The zero-order valence-electron chi connectivity index (χ0n) is 7.32. The molecule has 1 aliphatic rings. The minimum atomic E-state index is -0.396. The molecule has 1 atom stereocenters. The third kappa shape index (κ3) is 2.46. The average molecular weight is 173 g/mol. The van der Waals surface area contributed by atoms with Gasteiger partial charge in [0.25, 0.3) is 0 Å². The topological polar surface area (TPSA) is 49.8 Å². The molecule has 1 rings (SSSR count). The smallest absolute Gasteiger partial charge is 0.248 e. The second-order valence-corrected chi connectivity index (χ2v) is 3.03. The summed E-state index contributed by atoms with van der Waals surface area (Å²) >= 11 is 0. The summed E-state index contributed by atoms with van der Waals surface area (Å²) in [6.07, 6.45) is 0.943. The Kier molecular flexibility index (Phi) is 3.49. The monoisotopic (exact) mass is 173 g/mol. The number of carbonyl (C=O) groups is 1. The zero-order valence-corrected chi connectivity index (χ0v) is 7.32. The van der Waals surface area contributed by atoms with Gasteiger partial charge in [-0.1, -0.05) is 0 Å². The summed E-state index contributed by atoms with van der Waals surface area (Å²) in [6, 6.07) is 0. The van der Waals surface area contributed by atoms with E-state index in [0.29, 0.717) is 19.7 Å². The number of amides is 1. The number of hydrogen-bond donors (Lipinski definition) is 1. The van der Waals surface area contributed by atoms with Gasteiger partial charge < -0.3 is 14.7 Å². The third-order valence-corrected chi connectivity index (χ3v) is 1.94. The zero-order chi connectivity index (χ0) is 8.97. The minimum Gasteiger partial charge on any atom is -0.387 e. The van der Waals surface area contributed by atoms with Crippen LogP contribution in [0.1, 0.15) is 13.3 Å². The molecule has 4 nitrogen and oxygen atoms in total. The fourth-order valence-corrected chi connectivity index (χ4v) is 1.32. The first-order chi connectivity index (χ1) is 5.74. The molecule has 4 heteroatoms. The molecule has 0 radical (unpaired) electrons. The Hall–Kier alpha value is -0.610. The van der Waals surface area contributed by atoms with Crippen molar-refractivity contribution in [3.8, 4) is 0 Å². The van der Waals surface area contributed by atoms with E-state index < -0.39 is 6.61 Å². The fourth-order valence-electron chi connectivity index (χ4n) is 1.32. The second kappa shape index (κ2) is 4.42. The normalized spacial score (nSPS) is 25.2. The van der Waals surface area contributed by atoms with Crippen LogP contribution in [0.2, 0.25) is 0 Å². The Labute approximate surface area is 72.1 Å². The van der Waals surface area contributed by atoms with Crippen LogP contribution in [0.4, 0.5) is 0 Å². The lowest BCUT2D eigenvalue weighted by molar-refractivity contribution is -0.134. The van der Waals surface area contributed by atoms with E-state index in [-0.39, 0.29) is 12.0 Å². The van der Waals surface area contributed by atoms with E-state index in [9.17, 15) is 4.79 Å². The van der Waals surface area contributed by atoms with Gasteiger partial charge in [-0.05, 0) is 13.3 Å². The van der Waals surface area contributed by atoms with Gasteiger partial charge in [-0.2, -0.15) is 0 Å². The highest BCUT2D eigenvalue weighted by Crippen LogP contribution is 2.04. The predicted octanol–water partition coefficient (Wildman–Crippen LogP) is -0.384. The molecule has 70 valence electrons. The molecule has 1 aliphatic heterocycles. The van der Waals surface area contributed by atoms with Crippen LogP contribution in [0, 0.1) is 0 Å². The van der Waals surface area contributed by atoms with Crippen LogP contribution >= 0.6 is 0 Å². The van der Waals surface area contributed by atoms with Crippen molar-refractivity contribution in [1.29, 1.82) is 0 Å². The largest absolute Gasteiger partial charge is 0.387 e. The highest BCUT2D eigenvalue weighted by Gasteiger charge is 2.18. The van der Waals surface area contributed by atoms with Crippen LogP contribution in [-0.4, -0.2) is 48.3 Å². The van der Waals surface area contributed by atoms with Gasteiger partial charge in [-0.3, -0.25) is 4.79 Å². The number of aliphatic hydroxyl groups excluding tert-OH is 1. The lowest BCUT2D eigenvalue weighted by Gasteiger charge is -2.20. The summed E-state index contributed by atoms with van der Waals surface area (Å²) in [5, 5.41) is 8.63. The Morgan fingerprint density at radius 3 is 3.17 bits per heavy atom. The average Bonchev–Trinajstić information content (AvgIpc) is 2.28. The lowest BCUT2D eigenvalue weighted by Crippen LogP contribution is -2.37. The lowest BCUT2D eigenvalue weighted by atomic mass is 10.3. The maximum atomic E-state index is 11.1. The molecule has 0 aromatic carbocycles. The molecular weight excluding hydrogens is 158 g/mol. The van der Waals surface area contributed by atoms with E-state index in [1.54, 1.807) is 4.90 Å². The van der Waals surface area contributed by atoms with E-state index >= 15 is 0 Å². The molecule has 0 spiro atoms. The van der Waals surface area contributed by atoms with Crippen molar-refractivity contribution in [2.75, 3.05) is 26.3 Å². The Morgan fingerprint density at radius 2 is 2.50 bits per heavy atom. The molecule has 1 heterocycles. The first kappa shape index (κ1) is 9.48. The minimum absolute atomic E-state index is 0.0861. The standard InChI is InChI=1S/C8H15NO3/c1-7-5-9(8(11)6-10)3-2-4-12-7/h7,10H,2-6H2,1H3. The van der Waals surface area contributed by atoms with Crippen molar-refractivity contribution >= 4 is 5.91 Å². The number of nitrogens with zero attached hydrogens (tertiary/aromatic N) is 1. The second-order valence-electron chi connectivity index (χ2n) is 3.03. The van der Waals surface area contributed by atoms with Gasteiger partial charge in [0.2, 0.25) is 5.91 Å². The molecule has 1 fully saturated rings. The Balaban J connectivity index is 2.46. The summed E-state index contributed by atoms with van der Waals surface area (Å²) in [5.41, 5.74) is 0. The Bertz CT molecular complexity index is 160. The summed E-state index contributed by atoms with van der Waals surface area (Å²) in [7, 11) is 0. The van der Waals surface area contributed by atoms with E-state index in [1.807, 2.05) is 6.92 Å². The highest BCUT2D eigenvalue weighted by molar-refractivity contribution is 5.77. The number of ether oxygens (including phenoxy) is 1. The van der Waals surface area contributed by atoms with Gasteiger partial charge in [-0.15, -0.1) is 0 Å². The van der Waals surface area contributed by atoms with Crippen molar-refractivity contribution in [1.82, 2.24) is 4.90 Å². The van der Waals surface area contributed by atoms with Crippen LogP contribution in [-0.2, 0) is 9.53 Å². The molecule has 0 aliphatic carbocycles. The van der Waals surface area contributed by atoms with Crippen molar-refractivity contribution in [3.05, 3.63) is 0 Å². The van der Waals surface area contributed by atoms with E-state index in [4.69, 9.17) is 9.84 Å². The van der Waals surface area contributed by atoms with Crippen LogP contribution in [0.15, 0.2) is 0 Å². The van der Waals surface area contributed by atoms with E-state index in [0.717, 1.165) is 6.42 Å². The molecular formula is C8H15NO3. The van der Waals surface area contributed by atoms with Crippen molar-refractivity contribution < 1.29 is 14.6 Å². The number of rotatable bonds is 1. The van der Waals surface area contributed by atoms with Crippen LogP contribution in [0.25, 0.3) is 0 Å². The first-order valence-electron chi connectivity index (χ1n) is 4.24. The molecule has 1 amide bonds. The Morgan fingerprint density at radius 1 is 1.75 bits per heavy atom. The van der Waals surface area contributed by atoms with Crippen molar-refractivity contribution in [3.63, 3.8) is 0 Å². The van der Waals surface area contributed by atoms with Gasteiger partial charge in [0.15, 0.2) is 0 Å². The van der Waals surface area contributed by atoms with Gasteiger partial charge in [0.05, 0.1) is 6.10 Å². The van der Waals surface area contributed by atoms with Crippen molar-refractivity contribution in [2.24, 2.45) is 0 Å². The van der Waals surface area contributed by atoms with Crippen LogP contribution < -0.4 is 0 Å². The number of carbonyl (C=O) groups excluding carboxylic acids is 1. The summed E-state index contributed by atoms with van der Waals surface area (Å²) in [4.78, 5) is 12.7. The first-order valence-corrected chi connectivity index (χ1v) is 4.24. The molecule has 1 saturated heterocycles. The van der Waals surface area contributed by atoms with Gasteiger partial charge in [0.1, 0.15) is 6.61 Å². The van der Waals surface area contributed by atoms with E-state index in [2.05, 4.69) is 0 Å². The summed E-state index contributed by atoms with van der Waals surface area (Å²) in [6.45, 7) is 3.54. The van der Waals surface area contributed by atoms with Crippen molar-refractivity contribution in [2.45, 2.75) is 19.4 Å². The van der Waals surface area contributed by atoms with Crippen LogP contribution in [0.3, 0.4) is 0 Å². The highest BCUT2D eigenvalue weighted by atomic mass is 16.5. The molecule has 0 bridgehead atoms. The number of aliphatic hydroxyl groups is 1. The molecule has 12 heavy (non-hydrogen) atoms. The number of hydrogen-bond acceptors (Lipinski definition) is 3. The van der Waals surface area contributed by atoms with Gasteiger partial charge >= 0.3 is 0 Å². The molecule has 1 N–H and O–H groups in total. The van der Waals surface area contributed by atoms with Crippen LogP contribution in [0.5, 0.6) is 0 Å². The maximum absolute atomic E-state index is 11.1. The van der Waals surface area contributed by atoms with Gasteiger partial charge in [-0.25, -0.2) is 0 Å². The third-order valence-electron chi connectivity index (χ3n) is 1.94. The fraction of sp³-hybridized carbons (Fsp3) is 0.875. The predicted molar refractivity (Wildman–Crippen MR) is 43.7 cm³/mol. The van der Waals surface area contributed by atoms with Gasteiger partial charge in [0, 0.05) is 19.7 Å². The summed E-state index contributed by atoms with van der Waals surface area (Å²) < 4.78 is 5.35. The maximum Gasteiger partial charge on any atom is 0.248 e. The SMILES string of the molecule is CC1CN(C(=O)CO)CCCO1. The molecule has 0 saturated carbocycles. The molecule has 0 aromatic rings. The van der Waals surface area contributed by atoms with E-state index in [1.165, 1.54) is 0 Å². The summed E-state index contributed by atoms with van der Waals surface area (Å²) in [5.74, 6) is -0.202. The molecule has 1 unspecified atom stereocenters.